The van der Waals surface area contributed by atoms with E-state index in [0.29, 0.717) is 0 Å². The van der Waals surface area contributed by atoms with Crippen LogP contribution in [0.5, 0.6) is 0 Å². The van der Waals surface area contributed by atoms with Gasteiger partial charge in [0.15, 0.2) is 0 Å². The molecule has 0 amide bonds. The number of benzene rings is 2. The van der Waals surface area contributed by atoms with Gasteiger partial charge in [-0.15, -0.1) is 0 Å². The zero-order valence-corrected chi connectivity index (χ0v) is 15.0. The highest BCUT2D eigenvalue weighted by Crippen LogP contribution is 2.15. The third-order valence-electron chi connectivity index (χ3n) is 4.58. The van der Waals surface area contributed by atoms with E-state index in [4.69, 9.17) is 4.74 Å². The van der Waals surface area contributed by atoms with Gasteiger partial charge in [0, 0.05) is 20.3 Å². The number of para-hydroxylation sites is 4. The molecule has 6 nitrogen and oxygen atoms in total. The van der Waals surface area contributed by atoms with Crippen molar-refractivity contribution in [2.75, 3.05) is 20.3 Å². The number of ether oxygens (including phenoxy) is 1. The number of hydrogen-bond acceptors (Lipinski definition) is 4. The maximum atomic E-state index is 5.24. The molecule has 0 atom stereocenters. The van der Waals surface area contributed by atoms with Gasteiger partial charge in [0.25, 0.3) is 0 Å². The van der Waals surface area contributed by atoms with Crippen LogP contribution >= 0.6 is 0 Å². The number of nitrogens with zero attached hydrogens (tertiary/aromatic N) is 5. The minimum Gasteiger partial charge on any atom is -0.385 e. The molecular formula is C20H23N5O. The molecule has 26 heavy (non-hydrogen) atoms. The first-order chi connectivity index (χ1) is 12.8. The van der Waals surface area contributed by atoms with Gasteiger partial charge in [-0.3, -0.25) is 4.90 Å². The van der Waals surface area contributed by atoms with Gasteiger partial charge in [0.1, 0.15) is 0 Å². The average molecular weight is 349 g/mol. The summed E-state index contributed by atoms with van der Waals surface area (Å²) in [5.41, 5.74) is 4.36. The molecule has 0 spiro atoms. The second kappa shape index (κ2) is 7.68. The lowest BCUT2D eigenvalue weighted by Gasteiger charge is -2.24. The number of rotatable bonds is 8. The second-order valence-corrected chi connectivity index (χ2v) is 6.43. The van der Waals surface area contributed by atoms with E-state index >= 15 is 0 Å². The van der Waals surface area contributed by atoms with E-state index in [1.54, 1.807) is 7.11 Å². The fourth-order valence-electron chi connectivity index (χ4n) is 3.30. The molecular weight excluding hydrogens is 326 g/mol. The van der Waals surface area contributed by atoms with Crippen LogP contribution in [0.4, 0.5) is 0 Å². The first kappa shape index (κ1) is 16.8. The Hall–Kier alpha value is -2.70. The Labute approximate surface area is 152 Å². The molecule has 0 aliphatic heterocycles. The van der Waals surface area contributed by atoms with Crippen molar-refractivity contribution in [3.63, 3.8) is 0 Å². The first-order valence-electron chi connectivity index (χ1n) is 8.86. The summed E-state index contributed by atoms with van der Waals surface area (Å²) < 4.78 is 9.63. The molecule has 2 heterocycles. The lowest BCUT2D eigenvalue weighted by molar-refractivity contribution is 0.137. The summed E-state index contributed by atoms with van der Waals surface area (Å²) in [6, 6.07) is 16.5. The summed E-state index contributed by atoms with van der Waals surface area (Å²) in [6.45, 7) is 3.24. The summed E-state index contributed by atoms with van der Waals surface area (Å²) in [6.07, 6.45) is 4.82. The summed E-state index contributed by atoms with van der Waals surface area (Å²) in [7, 11) is 1.75. The fourth-order valence-corrected chi connectivity index (χ4v) is 3.30. The molecule has 2 aromatic carbocycles. The van der Waals surface area contributed by atoms with Gasteiger partial charge in [0.05, 0.1) is 48.1 Å². The van der Waals surface area contributed by atoms with Crippen LogP contribution in [0.25, 0.3) is 22.1 Å². The summed E-state index contributed by atoms with van der Waals surface area (Å²) in [5, 5.41) is 0. The van der Waals surface area contributed by atoms with E-state index in [-0.39, 0.29) is 0 Å². The maximum absolute atomic E-state index is 5.24. The molecule has 6 heteroatoms. The number of aromatic nitrogens is 4. The number of imidazole rings is 2. The lowest BCUT2D eigenvalue weighted by Crippen LogP contribution is -2.30. The molecule has 0 saturated carbocycles. The molecule has 0 N–H and O–H groups in total. The van der Waals surface area contributed by atoms with Crippen LogP contribution in [0.1, 0.15) is 6.42 Å². The molecule has 0 fully saturated rings. The van der Waals surface area contributed by atoms with Crippen LogP contribution in [-0.2, 0) is 18.1 Å². The zero-order chi connectivity index (χ0) is 17.8. The highest BCUT2D eigenvalue weighted by Gasteiger charge is 2.11. The van der Waals surface area contributed by atoms with Crippen molar-refractivity contribution < 1.29 is 4.74 Å². The van der Waals surface area contributed by atoms with Gasteiger partial charge >= 0.3 is 0 Å². The van der Waals surface area contributed by atoms with Crippen molar-refractivity contribution in [2.45, 2.75) is 19.8 Å². The topological polar surface area (TPSA) is 48.1 Å². The molecule has 4 aromatic rings. The predicted molar refractivity (Wildman–Crippen MR) is 103 cm³/mol. The first-order valence-corrected chi connectivity index (χ1v) is 8.86. The minimum absolute atomic E-state index is 0.756. The number of hydrogen-bond donors (Lipinski definition) is 0. The quantitative estimate of drug-likeness (QED) is 0.458. The van der Waals surface area contributed by atoms with Crippen molar-refractivity contribution in [1.82, 2.24) is 24.0 Å². The van der Waals surface area contributed by atoms with Crippen LogP contribution in [0.15, 0.2) is 61.2 Å². The van der Waals surface area contributed by atoms with E-state index in [1.807, 2.05) is 36.9 Å². The van der Waals surface area contributed by atoms with E-state index < -0.39 is 0 Å². The van der Waals surface area contributed by atoms with Crippen molar-refractivity contribution in [3.05, 3.63) is 61.2 Å². The average Bonchev–Trinajstić information content (AvgIpc) is 3.27. The molecule has 0 saturated heterocycles. The van der Waals surface area contributed by atoms with Crippen LogP contribution in [-0.4, -0.2) is 44.3 Å². The van der Waals surface area contributed by atoms with Gasteiger partial charge < -0.3 is 13.9 Å². The molecule has 4 rings (SSSR count). The number of fused-ring (bicyclic) bond motifs is 2. The predicted octanol–water partition coefficient (Wildman–Crippen LogP) is 3.34. The molecule has 134 valence electrons. The third kappa shape index (κ3) is 3.47. The van der Waals surface area contributed by atoms with Crippen LogP contribution < -0.4 is 0 Å². The van der Waals surface area contributed by atoms with Crippen molar-refractivity contribution in [1.29, 1.82) is 0 Å². The summed E-state index contributed by atoms with van der Waals surface area (Å²) in [5.74, 6) is 0. The van der Waals surface area contributed by atoms with Gasteiger partial charge in [0.2, 0.25) is 0 Å². The summed E-state index contributed by atoms with van der Waals surface area (Å²) >= 11 is 0. The van der Waals surface area contributed by atoms with E-state index in [0.717, 1.165) is 55.0 Å². The molecule has 0 aliphatic rings. The van der Waals surface area contributed by atoms with Crippen molar-refractivity contribution in [3.8, 4) is 0 Å². The third-order valence-corrected chi connectivity index (χ3v) is 4.58. The monoisotopic (exact) mass is 349 g/mol. The van der Waals surface area contributed by atoms with Crippen molar-refractivity contribution in [2.24, 2.45) is 0 Å². The largest absolute Gasteiger partial charge is 0.385 e. The van der Waals surface area contributed by atoms with Gasteiger partial charge in [-0.25, -0.2) is 9.97 Å². The van der Waals surface area contributed by atoms with E-state index in [9.17, 15) is 0 Å². The summed E-state index contributed by atoms with van der Waals surface area (Å²) in [4.78, 5) is 11.4. The Morgan fingerprint density at radius 3 is 1.92 bits per heavy atom. The smallest absolute Gasteiger partial charge is 0.0969 e. The highest BCUT2D eigenvalue weighted by molar-refractivity contribution is 5.75. The second-order valence-electron chi connectivity index (χ2n) is 6.43. The zero-order valence-electron chi connectivity index (χ0n) is 15.0. The highest BCUT2D eigenvalue weighted by atomic mass is 16.5. The normalized spacial score (nSPS) is 11.8. The van der Waals surface area contributed by atoms with Crippen LogP contribution in [0.3, 0.4) is 0 Å². The number of methoxy groups -OCH3 is 1. The molecule has 2 aromatic heterocycles. The lowest BCUT2D eigenvalue weighted by atomic mass is 10.3. The van der Waals surface area contributed by atoms with Gasteiger partial charge in [-0.1, -0.05) is 24.3 Å². The SMILES string of the molecule is COCCCN(Cn1cnc2ccccc21)Cn1cnc2ccccc21. The molecule has 0 aliphatic carbocycles. The Balaban J connectivity index is 1.57. The van der Waals surface area contributed by atoms with Crippen LogP contribution in [0, 0.1) is 0 Å². The van der Waals surface area contributed by atoms with Gasteiger partial charge in [-0.2, -0.15) is 0 Å². The van der Waals surface area contributed by atoms with Crippen molar-refractivity contribution >= 4 is 22.1 Å². The van der Waals surface area contributed by atoms with Crippen LogP contribution in [0.2, 0.25) is 0 Å². The van der Waals surface area contributed by atoms with E-state index in [1.165, 1.54) is 0 Å². The fraction of sp³-hybridized carbons (Fsp3) is 0.300. The van der Waals surface area contributed by atoms with E-state index in [2.05, 4.69) is 48.3 Å². The molecule has 0 radical (unpaired) electrons. The molecule has 0 unspecified atom stereocenters. The Kier molecular flexibility index (Phi) is 4.95. The molecule has 0 bridgehead atoms. The Morgan fingerprint density at radius 2 is 1.38 bits per heavy atom. The van der Waals surface area contributed by atoms with Gasteiger partial charge in [-0.05, 0) is 30.7 Å². The Morgan fingerprint density at radius 1 is 0.846 bits per heavy atom. The minimum atomic E-state index is 0.756. The standard InChI is InChI=1S/C20H23N5O/c1-26-12-6-11-23(15-24-13-21-17-7-2-4-9-19(17)24)16-25-14-22-18-8-3-5-10-20(18)25/h2-5,7-10,13-14H,6,11-12,15-16H2,1H3. The Bertz CT molecular complexity index is 914. The maximum Gasteiger partial charge on any atom is 0.0969 e.